The summed E-state index contributed by atoms with van der Waals surface area (Å²) in [6.07, 6.45) is 3.26. The molecule has 6 heteroatoms. The van der Waals surface area contributed by atoms with Gasteiger partial charge in [-0.15, -0.1) is 5.73 Å². The molecule has 0 aromatic carbocycles. The predicted octanol–water partition coefficient (Wildman–Crippen LogP) is -0.0468. The third kappa shape index (κ3) is 7.30. The topological polar surface area (TPSA) is 107 Å². The molecule has 15 heavy (non-hydrogen) atoms. The van der Waals surface area contributed by atoms with Crippen molar-refractivity contribution in [2.75, 3.05) is 6.54 Å². The maximum Gasteiger partial charge on any atom is 0.366 e. The highest BCUT2D eigenvalue weighted by molar-refractivity contribution is 5.88. The first-order valence-corrected chi connectivity index (χ1v) is 4.46. The number of hydrogen-bond donors (Lipinski definition) is 3. The lowest BCUT2D eigenvalue weighted by Crippen LogP contribution is -2.31. The van der Waals surface area contributed by atoms with Crippen LogP contribution in [0.3, 0.4) is 0 Å². The van der Waals surface area contributed by atoms with Gasteiger partial charge in [0.2, 0.25) is 0 Å². The van der Waals surface area contributed by atoms with Crippen LogP contribution in [0.15, 0.2) is 17.4 Å². The first-order chi connectivity index (χ1) is 7.07. The summed E-state index contributed by atoms with van der Waals surface area (Å²) in [5.41, 5.74) is 14.7. The summed E-state index contributed by atoms with van der Waals surface area (Å²) in [6.45, 7) is 2.11. The molecule has 0 heterocycles. The largest absolute Gasteiger partial charge is 0.366 e. The normalized spacial score (nSPS) is 8.67. The molecule has 0 saturated carbocycles. The van der Waals surface area contributed by atoms with Gasteiger partial charge in [-0.05, 0) is 32.4 Å². The SMILES string of the molecule is CC(=C=CCCCN)C(=O)ONC(N)=O. The van der Waals surface area contributed by atoms with Crippen molar-refractivity contribution >= 4 is 12.0 Å². The van der Waals surface area contributed by atoms with Crippen molar-refractivity contribution < 1.29 is 14.4 Å². The fraction of sp³-hybridized carbons (Fsp3) is 0.444. The van der Waals surface area contributed by atoms with Crippen LogP contribution in [0.2, 0.25) is 0 Å². The van der Waals surface area contributed by atoms with Crippen molar-refractivity contribution in [3.05, 3.63) is 17.4 Å². The number of carbonyl (C=O) groups excluding carboxylic acids is 2. The Bertz CT molecular complexity index is 293. The molecule has 0 aliphatic rings. The van der Waals surface area contributed by atoms with Crippen LogP contribution in [0.5, 0.6) is 0 Å². The van der Waals surface area contributed by atoms with Crippen LogP contribution in [0.25, 0.3) is 0 Å². The van der Waals surface area contributed by atoms with Crippen molar-refractivity contribution in [2.24, 2.45) is 11.5 Å². The Balaban J connectivity index is 4.06. The highest BCUT2D eigenvalue weighted by Gasteiger charge is 2.05. The van der Waals surface area contributed by atoms with Gasteiger partial charge in [0.05, 0.1) is 5.57 Å². The van der Waals surface area contributed by atoms with Crippen molar-refractivity contribution in [1.82, 2.24) is 5.48 Å². The summed E-state index contributed by atoms with van der Waals surface area (Å²) in [7, 11) is 0. The van der Waals surface area contributed by atoms with Gasteiger partial charge in [-0.3, -0.25) is 0 Å². The molecular weight excluding hydrogens is 198 g/mol. The van der Waals surface area contributed by atoms with Crippen LogP contribution in [-0.4, -0.2) is 18.5 Å². The van der Waals surface area contributed by atoms with E-state index < -0.39 is 12.0 Å². The molecule has 0 aromatic heterocycles. The Morgan fingerprint density at radius 3 is 2.73 bits per heavy atom. The van der Waals surface area contributed by atoms with Gasteiger partial charge >= 0.3 is 12.0 Å². The van der Waals surface area contributed by atoms with E-state index >= 15 is 0 Å². The van der Waals surface area contributed by atoms with E-state index in [1.807, 2.05) is 0 Å². The van der Waals surface area contributed by atoms with Crippen LogP contribution in [0.1, 0.15) is 19.8 Å². The summed E-state index contributed by atoms with van der Waals surface area (Å²) >= 11 is 0. The number of nitrogens with two attached hydrogens (primary N) is 2. The average molecular weight is 213 g/mol. The molecule has 0 aliphatic heterocycles. The minimum absolute atomic E-state index is 0.251. The number of rotatable bonds is 4. The fourth-order valence-electron chi connectivity index (χ4n) is 0.677. The van der Waals surface area contributed by atoms with E-state index in [0.717, 1.165) is 12.8 Å². The highest BCUT2D eigenvalue weighted by Crippen LogP contribution is 1.94. The number of primary amides is 1. The molecule has 0 aromatic rings. The van der Waals surface area contributed by atoms with Crippen molar-refractivity contribution in [3.63, 3.8) is 0 Å². The average Bonchev–Trinajstić information content (AvgIpc) is 2.20. The second-order valence-corrected chi connectivity index (χ2v) is 2.76. The molecule has 6 nitrogen and oxygen atoms in total. The quantitative estimate of drug-likeness (QED) is 0.263. The van der Waals surface area contributed by atoms with Gasteiger partial charge in [0, 0.05) is 0 Å². The van der Waals surface area contributed by atoms with E-state index in [4.69, 9.17) is 11.5 Å². The number of hydrogen-bond acceptors (Lipinski definition) is 4. The third-order valence-corrected chi connectivity index (χ3v) is 1.42. The minimum Gasteiger partial charge on any atom is -0.349 e. The molecule has 0 saturated heterocycles. The smallest absolute Gasteiger partial charge is 0.349 e. The molecule has 84 valence electrons. The summed E-state index contributed by atoms with van der Waals surface area (Å²) in [6, 6.07) is -0.928. The number of nitrogens with one attached hydrogen (secondary N) is 1. The van der Waals surface area contributed by atoms with Gasteiger partial charge in [0.1, 0.15) is 0 Å². The first-order valence-electron chi connectivity index (χ1n) is 4.46. The van der Waals surface area contributed by atoms with E-state index in [2.05, 4.69) is 10.6 Å². The van der Waals surface area contributed by atoms with Gasteiger partial charge in [-0.2, -0.15) is 5.48 Å². The molecule has 0 rings (SSSR count). The maximum absolute atomic E-state index is 11.1. The highest BCUT2D eigenvalue weighted by atomic mass is 16.7. The predicted molar refractivity (Wildman–Crippen MR) is 54.4 cm³/mol. The van der Waals surface area contributed by atoms with Gasteiger partial charge in [0.15, 0.2) is 0 Å². The second-order valence-electron chi connectivity index (χ2n) is 2.76. The first kappa shape index (κ1) is 13.2. The summed E-state index contributed by atoms with van der Waals surface area (Å²) in [4.78, 5) is 25.6. The second kappa shape index (κ2) is 7.61. The molecule has 0 fully saturated rings. The van der Waals surface area contributed by atoms with Crippen molar-refractivity contribution in [2.45, 2.75) is 19.8 Å². The Hall–Kier alpha value is -1.78. The van der Waals surface area contributed by atoms with Crippen LogP contribution in [0, 0.1) is 0 Å². The van der Waals surface area contributed by atoms with Crippen LogP contribution < -0.4 is 16.9 Å². The van der Waals surface area contributed by atoms with Crippen LogP contribution in [0.4, 0.5) is 4.79 Å². The molecule has 5 N–H and O–H groups in total. The van der Waals surface area contributed by atoms with Gasteiger partial charge < -0.3 is 16.3 Å². The zero-order valence-corrected chi connectivity index (χ0v) is 8.58. The minimum atomic E-state index is -0.928. The van der Waals surface area contributed by atoms with Gasteiger partial charge in [0.25, 0.3) is 0 Å². The Kier molecular flexibility index (Phi) is 6.70. The summed E-state index contributed by atoms with van der Waals surface area (Å²) < 4.78 is 0. The molecule has 0 radical (unpaired) electrons. The zero-order chi connectivity index (χ0) is 11.7. The Labute approximate surface area is 87.9 Å². The number of unbranched alkanes of at least 4 members (excludes halogenated alkanes) is 1. The molecule has 0 spiro atoms. The van der Waals surface area contributed by atoms with Gasteiger partial charge in [-0.1, -0.05) is 0 Å². The van der Waals surface area contributed by atoms with E-state index in [9.17, 15) is 9.59 Å². The molecule has 0 aliphatic carbocycles. The lowest BCUT2D eigenvalue weighted by molar-refractivity contribution is -0.143. The third-order valence-electron chi connectivity index (χ3n) is 1.42. The van der Waals surface area contributed by atoms with Gasteiger partial charge in [-0.25, -0.2) is 9.59 Å². The molecular formula is C9H15N3O3. The van der Waals surface area contributed by atoms with E-state index in [1.165, 1.54) is 6.92 Å². The fourth-order valence-corrected chi connectivity index (χ4v) is 0.677. The van der Waals surface area contributed by atoms with E-state index in [-0.39, 0.29) is 5.57 Å². The zero-order valence-electron chi connectivity index (χ0n) is 8.58. The monoisotopic (exact) mass is 213 g/mol. The van der Waals surface area contributed by atoms with Crippen molar-refractivity contribution in [3.8, 4) is 0 Å². The van der Waals surface area contributed by atoms with E-state index in [0.29, 0.717) is 6.54 Å². The molecule has 0 atom stereocenters. The number of urea groups is 1. The number of carbonyl (C=O) groups is 2. The lowest BCUT2D eigenvalue weighted by Gasteiger charge is -2.00. The molecule has 0 unspecified atom stereocenters. The standard InChI is InChI=1S/C9H15N3O3/c1-7(5-3-2-4-6-10)8(13)15-12-9(11)14/h3H,2,4,6,10H2,1H3,(H3,11,12,14). The molecule has 2 amide bonds. The van der Waals surface area contributed by atoms with Crippen LogP contribution in [-0.2, 0) is 9.63 Å². The Morgan fingerprint density at radius 1 is 1.53 bits per heavy atom. The summed E-state index contributed by atoms with van der Waals surface area (Å²) in [5.74, 6) is -0.696. The Morgan fingerprint density at radius 2 is 2.20 bits per heavy atom. The lowest BCUT2D eigenvalue weighted by atomic mass is 10.2. The number of amides is 2. The van der Waals surface area contributed by atoms with Crippen molar-refractivity contribution in [1.29, 1.82) is 0 Å². The van der Waals surface area contributed by atoms with Crippen LogP contribution >= 0.6 is 0 Å². The molecule has 0 bridgehead atoms. The maximum atomic E-state index is 11.1. The van der Waals surface area contributed by atoms with E-state index in [1.54, 1.807) is 11.6 Å². The summed E-state index contributed by atoms with van der Waals surface area (Å²) in [5, 5.41) is 0. The number of hydroxylamine groups is 1.